The smallest absolute Gasteiger partial charge is 0.223 e. The van der Waals surface area contributed by atoms with Crippen LogP contribution in [0.2, 0.25) is 0 Å². The Hall–Kier alpha value is -1.32. The Kier molecular flexibility index (Phi) is 2.74. The molecule has 2 rings (SSSR count). The lowest BCUT2D eigenvalue weighted by atomic mass is 10.1. The first-order chi connectivity index (χ1) is 7.50. The second kappa shape index (κ2) is 3.92. The summed E-state index contributed by atoms with van der Waals surface area (Å²) in [6.45, 7) is 6.05. The molecule has 16 heavy (non-hydrogen) atoms. The molecule has 1 fully saturated rings. The van der Waals surface area contributed by atoms with Gasteiger partial charge in [-0.3, -0.25) is 9.48 Å². The van der Waals surface area contributed by atoms with Gasteiger partial charge in [0.15, 0.2) is 0 Å². The maximum atomic E-state index is 11.7. The van der Waals surface area contributed by atoms with Gasteiger partial charge in [0.25, 0.3) is 0 Å². The molecule has 1 aliphatic carbocycles. The van der Waals surface area contributed by atoms with Crippen LogP contribution in [0.25, 0.3) is 0 Å². The molecule has 0 aliphatic heterocycles. The Labute approximate surface area is 96.0 Å². The molecule has 1 N–H and O–H groups in total. The summed E-state index contributed by atoms with van der Waals surface area (Å²) in [6.07, 6.45) is 2.09. The number of carbonyl (C=O) groups is 1. The highest BCUT2D eigenvalue weighted by molar-refractivity contribution is 5.81. The van der Waals surface area contributed by atoms with Gasteiger partial charge in [0.2, 0.25) is 5.91 Å². The van der Waals surface area contributed by atoms with Crippen molar-refractivity contribution in [1.29, 1.82) is 0 Å². The van der Waals surface area contributed by atoms with Gasteiger partial charge in [0, 0.05) is 24.2 Å². The summed E-state index contributed by atoms with van der Waals surface area (Å²) in [5, 5.41) is 7.43. The molecule has 1 amide bonds. The summed E-state index contributed by atoms with van der Waals surface area (Å²) >= 11 is 0. The zero-order valence-electron chi connectivity index (χ0n) is 10.4. The first-order valence-corrected chi connectivity index (χ1v) is 5.81. The maximum absolute atomic E-state index is 11.7. The summed E-state index contributed by atoms with van der Waals surface area (Å²) in [4.78, 5) is 11.7. The van der Waals surface area contributed by atoms with Crippen LogP contribution >= 0.6 is 0 Å². The van der Waals surface area contributed by atoms with Crippen LogP contribution < -0.4 is 5.32 Å². The fourth-order valence-electron chi connectivity index (χ4n) is 2.17. The van der Waals surface area contributed by atoms with Crippen molar-refractivity contribution in [3.05, 3.63) is 17.0 Å². The standard InChI is InChI=1S/C12H19N3O/c1-7(13-12(16)10-5-6-10)11-8(2)14-15(4)9(11)3/h7,10H,5-6H2,1-4H3,(H,13,16)/t7-/m1/s1. The monoisotopic (exact) mass is 221 g/mol. The molecule has 88 valence electrons. The largest absolute Gasteiger partial charge is 0.349 e. The fraction of sp³-hybridized carbons (Fsp3) is 0.667. The van der Waals surface area contributed by atoms with E-state index in [0.29, 0.717) is 0 Å². The second-order valence-electron chi connectivity index (χ2n) is 4.71. The van der Waals surface area contributed by atoms with E-state index in [9.17, 15) is 4.79 Å². The van der Waals surface area contributed by atoms with Crippen LogP contribution in [-0.2, 0) is 11.8 Å². The van der Waals surface area contributed by atoms with Crippen molar-refractivity contribution in [2.24, 2.45) is 13.0 Å². The van der Waals surface area contributed by atoms with E-state index >= 15 is 0 Å². The lowest BCUT2D eigenvalue weighted by Gasteiger charge is -2.14. The van der Waals surface area contributed by atoms with Crippen LogP contribution in [0.4, 0.5) is 0 Å². The van der Waals surface area contributed by atoms with Gasteiger partial charge in [-0.25, -0.2) is 0 Å². The third-order valence-electron chi connectivity index (χ3n) is 3.30. The van der Waals surface area contributed by atoms with E-state index in [0.717, 1.165) is 29.8 Å². The first kappa shape index (κ1) is 11.2. The highest BCUT2D eigenvalue weighted by Gasteiger charge is 2.31. The van der Waals surface area contributed by atoms with Crippen molar-refractivity contribution in [1.82, 2.24) is 15.1 Å². The van der Waals surface area contributed by atoms with Crippen LogP contribution in [0.1, 0.15) is 42.8 Å². The Morgan fingerprint density at radius 1 is 1.50 bits per heavy atom. The molecular weight excluding hydrogens is 202 g/mol. The van der Waals surface area contributed by atoms with Gasteiger partial charge < -0.3 is 5.32 Å². The minimum Gasteiger partial charge on any atom is -0.349 e. The number of nitrogens with zero attached hydrogens (tertiary/aromatic N) is 2. The average molecular weight is 221 g/mol. The van der Waals surface area contributed by atoms with Crippen molar-refractivity contribution in [3.63, 3.8) is 0 Å². The molecule has 0 saturated heterocycles. The van der Waals surface area contributed by atoms with Crippen LogP contribution in [0.3, 0.4) is 0 Å². The van der Waals surface area contributed by atoms with Gasteiger partial charge in [0.1, 0.15) is 0 Å². The van der Waals surface area contributed by atoms with E-state index in [1.165, 1.54) is 0 Å². The average Bonchev–Trinajstić information content (AvgIpc) is 2.96. The van der Waals surface area contributed by atoms with E-state index in [2.05, 4.69) is 10.4 Å². The van der Waals surface area contributed by atoms with Crippen LogP contribution in [0.5, 0.6) is 0 Å². The molecule has 0 spiro atoms. The van der Waals surface area contributed by atoms with E-state index in [1.807, 2.05) is 32.5 Å². The summed E-state index contributed by atoms with van der Waals surface area (Å²) in [5.41, 5.74) is 3.28. The number of aromatic nitrogens is 2. The lowest BCUT2D eigenvalue weighted by molar-refractivity contribution is -0.122. The van der Waals surface area contributed by atoms with Crippen molar-refractivity contribution in [2.45, 2.75) is 39.7 Å². The Bertz CT molecular complexity index is 418. The molecular formula is C12H19N3O. The molecule has 1 atom stereocenters. The summed E-state index contributed by atoms with van der Waals surface area (Å²) < 4.78 is 1.87. The van der Waals surface area contributed by atoms with Crippen molar-refractivity contribution in [2.75, 3.05) is 0 Å². The quantitative estimate of drug-likeness (QED) is 0.843. The van der Waals surface area contributed by atoms with E-state index in [4.69, 9.17) is 0 Å². The molecule has 0 unspecified atom stereocenters. The number of aryl methyl sites for hydroxylation is 2. The molecule has 1 heterocycles. The maximum Gasteiger partial charge on any atom is 0.223 e. The third-order valence-corrected chi connectivity index (χ3v) is 3.30. The zero-order chi connectivity index (χ0) is 11.9. The molecule has 1 aromatic heterocycles. The lowest BCUT2D eigenvalue weighted by Crippen LogP contribution is -2.28. The number of carbonyl (C=O) groups excluding carboxylic acids is 1. The second-order valence-corrected chi connectivity index (χ2v) is 4.71. The van der Waals surface area contributed by atoms with Gasteiger partial charge in [-0.1, -0.05) is 0 Å². The Balaban J connectivity index is 2.13. The molecule has 0 aromatic carbocycles. The number of hydrogen-bond donors (Lipinski definition) is 1. The SMILES string of the molecule is Cc1nn(C)c(C)c1[C@@H](C)NC(=O)C1CC1. The highest BCUT2D eigenvalue weighted by atomic mass is 16.2. The summed E-state index contributed by atoms with van der Waals surface area (Å²) in [6, 6.07) is 0.0572. The van der Waals surface area contributed by atoms with E-state index in [-0.39, 0.29) is 17.9 Å². The number of hydrogen-bond acceptors (Lipinski definition) is 2. The molecule has 0 radical (unpaired) electrons. The van der Waals surface area contributed by atoms with Gasteiger partial charge in [0.05, 0.1) is 11.7 Å². The number of rotatable bonds is 3. The molecule has 1 saturated carbocycles. The van der Waals surface area contributed by atoms with E-state index in [1.54, 1.807) is 0 Å². The Morgan fingerprint density at radius 2 is 2.12 bits per heavy atom. The Morgan fingerprint density at radius 3 is 2.56 bits per heavy atom. The van der Waals surface area contributed by atoms with Gasteiger partial charge in [-0.05, 0) is 33.6 Å². The zero-order valence-corrected chi connectivity index (χ0v) is 10.4. The molecule has 4 heteroatoms. The van der Waals surface area contributed by atoms with Gasteiger partial charge in [-0.2, -0.15) is 5.10 Å². The van der Waals surface area contributed by atoms with Crippen molar-refractivity contribution in [3.8, 4) is 0 Å². The number of nitrogens with one attached hydrogen (secondary N) is 1. The highest BCUT2D eigenvalue weighted by Crippen LogP contribution is 2.30. The predicted molar refractivity (Wildman–Crippen MR) is 62.0 cm³/mol. The van der Waals surface area contributed by atoms with Crippen LogP contribution in [-0.4, -0.2) is 15.7 Å². The molecule has 4 nitrogen and oxygen atoms in total. The summed E-state index contributed by atoms with van der Waals surface area (Å²) in [5.74, 6) is 0.454. The van der Waals surface area contributed by atoms with E-state index < -0.39 is 0 Å². The van der Waals surface area contributed by atoms with Crippen molar-refractivity contribution >= 4 is 5.91 Å². The van der Waals surface area contributed by atoms with Crippen LogP contribution in [0, 0.1) is 19.8 Å². The normalized spacial score (nSPS) is 17.2. The number of amides is 1. The van der Waals surface area contributed by atoms with Gasteiger partial charge >= 0.3 is 0 Å². The predicted octanol–water partition coefficient (Wildman–Crippen LogP) is 1.62. The minimum absolute atomic E-state index is 0.0572. The topological polar surface area (TPSA) is 46.9 Å². The third kappa shape index (κ3) is 1.96. The molecule has 0 bridgehead atoms. The van der Waals surface area contributed by atoms with Gasteiger partial charge in [-0.15, -0.1) is 0 Å². The summed E-state index contributed by atoms with van der Waals surface area (Å²) in [7, 11) is 1.93. The van der Waals surface area contributed by atoms with Crippen molar-refractivity contribution < 1.29 is 4.79 Å². The minimum atomic E-state index is 0.0572. The van der Waals surface area contributed by atoms with Crippen LogP contribution in [0.15, 0.2) is 0 Å². The first-order valence-electron chi connectivity index (χ1n) is 5.81. The molecule has 1 aromatic rings. The fourth-order valence-corrected chi connectivity index (χ4v) is 2.17. The molecule has 1 aliphatic rings.